The number of furan rings is 1. The number of nitrogens with zero attached hydrogens (tertiary/aromatic N) is 1. The fourth-order valence-electron chi connectivity index (χ4n) is 1.27. The molecule has 0 aliphatic carbocycles. The number of hydrogen-bond donors (Lipinski definition) is 2. The van der Waals surface area contributed by atoms with Gasteiger partial charge in [-0.05, 0) is 56.1 Å². The van der Waals surface area contributed by atoms with E-state index >= 15 is 0 Å². The molecule has 1 aromatic carbocycles. The molecule has 0 unspecified atom stereocenters. The van der Waals surface area contributed by atoms with E-state index in [9.17, 15) is 4.79 Å². The standard InChI is InChI=1S/C12H8Br3N3O2/c13-7-1-3-8(4-2-7)17-12(19)18-16-6-9-5-10(14)11(15)20-9/h1-6H,(H2,17,18,19)/b16-6+. The highest BCUT2D eigenvalue weighted by Crippen LogP contribution is 2.25. The predicted octanol–water partition coefficient (Wildman–Crippen LogP) is 4.72. The van der Waals surface area contributed by atoms with Gasteiger partial charge in [0.2, 0.25) is 0 Å². The van der Waals surface area contributed by atoms with Crippen molar-refractivity contribution in [3.8, 4) is 0 Å². The van der Waals surface area contributed by atoms with Gasteiger partial charge in [-0.25, -0.2) is 10.2 Å². The van der Waals surface area contributed by atoms with Crippen molar-refractivity contribution in [2.24, 2.45) is 5.10 Å². The molecular weight excluding hydrogens is 458 g/mol. The van der Waals surface area contributed by atoms with Gasteiger partial charge in [0.25, 0.3) is 0 Å². The first-order valence-corrected chi connectivity index (χ1v) is 7.73. The van der Waals surface area contributed by atoms with Crippen molar-refractivity contribution in [2.45, 2.75) is 0 Å². The number of amides is 2. The van der Waals surface area contributed by atoms with Crippen molar-refractivity contribution < 1.29 is 9.21 Å². The number of carbonyl (C=O) groups excluding carboxylic acids is 1. The molecule has 2 rings (SSSR count). The maximum atomic E-state index is 11.6. The first kappa shape index (κ1) is 15.3. The van der Waals surface area contributed by atoms with Crippen LogP contribution < -0.4 is 10.7 Å². The molecule has 20 heavy (non-hydrogen) atoms. The Kier molecular flexibility index (Phi) is 5.38. The van der Waals surface area contributed by atoms with Gasteiger partial charge in [0.05, 0.1) is 10.7 Å². The van der Waals surface area contributed by atoms with E-state index in [1.54, 1.807) is 18.2 Å². The van der Waals surface area contributed by atoms with E-state index in [-0.39, 0.29) is 0 Å². The summed E-state index contributed by atoms with van der Waals surface area (Å²) in [5.74, 6) is 0.507. The molecule has 104 valence electrons. The van der Waals surface area contributed by atoms with Gasteiger partial charge in [-0.3, -0.25) is 0 Å². The Morgan fingerprint density at radius 2 is 1.90 bits per heavy atom. The average Bonchev–Trinajstić information content (AvgIpc) is 2.71. The first-order chi connectivity index (χ1) is 9.54. The third-order valence-electron chi connectivity index (χ3n) is 2.12. The largest absolute Gasteiger partial charge is 0.447 e. The van der Waals surface area contributed by atoms with Crippen LogP contribution in [0.4, 0.5) is 10.5 Å². The van der Waals surface area contributed by atoms with Crippen LogP contribution in [-0.4, -0.2) is 12.2 Å². The molecule has 5 nitrogen and oxygen atoms in total. The van der Waals surface area contributed by atoms with Gasteiger partial charge in [0.15, 0.2) is 4.67 Å². The van der Waals surface area contributed by atoms with E-state index in [2.05, 4.69) is 63.6 Å². The first-order valence-electron chi connectivity index (χ1n) is 5.35. The van der Waals surface area contributed by atoms with E-state index in [1.165, 1.54) is 6.21 Å². The van der Waals surface area contributed by atoms with Crippen molar-refractivity contribution in [2.75, 3.05) is 5.32 Å². The summed E-state index contributed by atoms with van der Waals surface area (Å²) in [6.45, 7) is 0. The van der Waals surface area contributed by atoms with Gasteiger partial charge in [0, 0.05) is 16.2 Å². The van der Waals surface area contributed by atoms with Crippen LogP contribution in [0.1, 0.15) is 5.76 Å². The lowest BCUT2D eigenvalue weighted by Crippen LogP contribution is -2.24. The van der Waals surface area contributed by atoms with E-state index in [0.29, 0.717) is 16.1 Å². The summed E-state index contributed by atoms with van der Waals surface area (Å²) in [4.78, 5) is 11.6. The fraction of sp³-hybridized carbons (Fsp3) is 0. The van der Waals surface area contributed by atoms with Crippen molar-refractivity contribution in [3.05, 3.63) is 49.7 Å². The Morgan fingerprint density at radius 1 is 1.20 bits per heavy atom. The van der Waals surface area contributed by atoms with Crippen LogP contribution in [0.25, 0.3) is 0 Å². The average molecular weight is 466 g/mol. The quantitative estimate of drug-likeness (QED) is 0.508. The Bertz CT molecular complexity index is 618. The molecule has 8 heteroatoms. The Morgan fingerprint density at radius 3 is 2.50 bits per heavy atom. The summed E-state index contributed by atoms with van der Waals surface area (Å²) in [6, 6.07) is 8.49. The topological polar surface area (TPSA) is 66.6 Å². The van der Waals surface area contributed by atoms with Gasteiger partial charge in [-0.15, -0.1) is 0 Å². The lowest BCUT2D eigenvalue weighted by molar-refractivity contribution is 0.252. The van der Waals surface area contributed by atoms with Crippen LogP contribution >= 0.6 is 47.8 Å². The van der Waals surface area contributed by atoms with E-state index in [4.69, 9.17) is 4.42 Å². The zero-order valence-corrected chi connectivity index (χ0v) is 14.6. The molecule has 0 radical (unpaired) electrons. The Balaban J connectivity index is 1.87. The molecule has 2 amide bonds. The van der Waals surface area contributed by atoms with Crippen LogP contribution in [0.15, 0.2) is 53.5 Å². The SMILES string of the molecule is O=C(N/N=C/c1cc(Br)c(Br)o1)Nc1ccc(Br)cc1. The molecule has 1 heterocycles. The minimum absolute atomic E-state index is 0.437. The van der Waals surface area contributed by atoms with Crippen LogP contribution in [0, 0.1) is 0 Å². The summed E-state index contributed by atoms with van der Waals surface area (Å²) < 4.78 is 7.56. The number of anilines is 1. The van der Waals surface area contributed by atoms with Crippen molar-refractivity contribution in [1.29, 1.82) is 0 Å². The monoisotopic (exact) mass is 463 g/mol. The number of rotatable bonds is 3. The van der Waals surface area contributed by atoms with Gasteiger partial charge < -0.3 is 9.73 Å². The fourth-order valence-corrected chi connectivity index (χ4v) is 2.15. The molecule has 2 aromatic rings. The molecule has 0 saturated carbocycles. The third kappa shape index (κ3) is 4.46. The number of hydrazone groups is 1. The van der Waals surface area contributed by atoms with Gasteiger partial charge in [0.1, 0.15) is 5.76 Å². The molecular formula is C12H8Br3N3O2. The molecule has 0 atom stereocenters. The summed E-state index contributed by atoms with van der Waals surface area (Å²) >= 11 is 9.81. The van der Waals surface area contributed by atoms with Crippen LogP contribution in [0.5, 0.6) is 0 Å². The second-order valence-electron chi connectivity index (χ2n) is 3.60. The molecule has 0 aliphatic rings. The van der Waals surface area contributed by atoms with Crippen molar-refractivity contribution in [1.82, 2.24) is 5.43 Å². The van der Waals surface area contributed by atoms with Gasteiger partial charge >= 0.3 is 6.03 Å². The number of nitrogens with one attached hydrogen (secondary N) is 2. The Hall–Kier alpha value is -1.12. The zero-order chi connectivity index (χ0) is 14.5. The van der Waals surface area contributed by atoms with E-state index < -0.39 is 6.03 Å². The van der Waals surface area contributed by atoms with E-state index in [1.807, 2.05) is 12.1 Å². The molecule has 1 aromatic heterocycles. The minimum Gasteiger partial charge on any atom is -0.447 e. The number of benzene rings is 1. The summed E-state index contributed by atoms with van der Waals surface area (Å²) in [6.07, 6.45) is 1.40. The molecule has 0 aliphatic heterocycles. The summed E-state index contributed by atoms with van der Waals surface area (Å²) in [5, 5.41) is 6.42. The maximum Gasteiger partial charge on any atom is 0.339 e. The maximum absolute atomic E-state index is 11.6. The van der Waals surface area contributed by atoms with Crippen LogP contribution in [0.2, 0.25) is 0 Å². The summed E-state index contributed by atoms with van der Waals surface area (Å²) in [7, 11) is 0. The van der Waals surface area contributed by atoms with Gasteiger partial charge in [-0.2, -0.15) is 5.10 Å². The molecule has 0 saturated heterocycles. The van der Waals surface area contributed by atoms with Crippen molar-refractivity contribution in [3.63, 3.8) is 0 Å². The van der Waals surface area contributed by atoms with Crippen LogP contribution in [0.3, 0.4) is 0 Å². The van der Waals surface area contributed by atoms with Gasteiger partial charge in [-0.1, -0.05) is 15.9 Å². The highest BCUT2D eigenvalue weighted by Gasteiger charge is 2.04. The third-order valence-corrected chi connectivity index (χ3v) is 4.36. The van der Waals surface area contributed by atoms with E-state index in [0.717, 1.165) is 8.95 Å². The highest BCUT2D eigenvalue weighted by molar-refractivity contribution is 9.13. The second-order valence-corrected chi connectivity index (χ2v) is 6.09. The Labute approximate surface area is 140 Å². The zero-order valence-electron chi connectivity index (χ0n) is 9.86. The van der Waals surface area contributed by atoms with Crippen molar-refractivity contribution >= 4 is 65.7 Å². The smallest absolute Gasteiger partial charge is 0.339 e. The number of halogens is 3. The number of carbonyl (C=O) groups is 1. The highest BCUT2D eigenvalue weighted by atomic mass is 79.9. The lowest BCUT2D eigenvalue weighted by Gasteiger charge is -2.03. The number of hydrogen-bond acceptors (Lipinski definition) is 3. The molecule has 2 N–H and O–H groups in total. The second kappa shape index (κ2) is 7.05. The predicted molar refractivity (Wildman–Crippen MR) is 88.0 cm³/mol. The lowest BCUT2D eigenvalue weighted by atomic mass is 10.3. The molecule has 0 bridgehead atoms. The molecule has 0 fully saturated rings. The normalized spacial score (nSPS) is 10.8. The minimum atomic E-state index is -0.437. The summed E-state index contributed by atoms with van der Waals surface area (Å²) in [5.41, 5.74) is 3.01. The van der Waals surface area contributed by atoms with Crippen LogP contribution in [-0.2, 0) is 0 Å². The molecule has 0 spiro atoms. The number of urea groups is 1.